The normalized spacial score (nSPS) is 25.7. The molecule has 0 aliphatic carbocycles. The molecule has 2 aromatic carbocycles. The van der Waals surface area contributed by atoms with E-state index in [-0.39, 0.29) is 39.5 Å². The van der Waals surface area contributed by atoms with Crippen LogP contribution in [0.25, 0.3) is 22.3 Å². The van der Waals surface area contributed by atoms with Gasteiger partial charge in [0.15, 0.2) is 5.76 Å². The van der Waals surface area contributed by atoms with Crippen molar-refractivity contribution in [3.63, 3.8) is 0 Å². The Morgan fingerprint density at radius 2 is 1.59 bits per heavy atom. The van der Waals surface area contributed by atoms with Crippen molar-refractivity contribution in [2.45, 2.75) is 30.7 Å². The van der Waals surface area contributed by atoms with Gasteiger partial charge >= 0.3 is 0 Å². The van der Waals surface area contributed by atoms with Crippen LogP contribution >= 0.6 is 0 Å². The maximum atomic E-state index is 12.9. The molecule has 0 unspecified atom stereocenters. The van der Waals surface area contributed by atoms with Crippen LogP contribution in [0.3, 0.4) is 0 Å². The highest BCUT2D eigenvalue weighted by atomic mass is 16.7. The zero-order valence-electron chi connectivity index (χ0n) is 16.3. The number of fused-ring (bicyclic) bond motifs is 1. The maximum absolute atomic E-state index is 12.9. The minimum Gasteiger partial charge on any atom is -0.508 e. The van der Waals surface area contributed by atoms with Gasteiger partial charge in [0.1, 0.15) is 52.6 Å². The van der Waals surface area contributed by atoms with Crippen molar-refractivity contribution >= 4 is 11.0 Å². The molecule has 0 radical (unpaired) electrons. The fourth-order valence-electron chi connectivity index (χ4n) is 3.45. The molecular formula is C21H20O11. The summed E-state index contributed by atoms with van der Waals surface area (Å²) in [5.74, 6) is -1.75. The molecule has 4 rings (SSSR count). The fourth-order valence-corrected chi connectivity index (χ4v) is 3.45. The molecule has 1 aliphatic rings. The van der Waals surface area contributed by atoms with Crippen molar-refractivity contribution in [1.82, 2.24) is 0 Å². The third-order valence-electron chi connectivity index (χ3n) is 5.14. The second-order valence-electron chi connectivity index (χ2n) is 7.29. The number of benzene rings is 2. The van der Waals surface area contributed by atoms with Gasteiger partial charge in [-0.3, -0.25) is 4.79 Å². The monoisotopic (exact) mass is 448 g/mol. The standard InChI is InChI=1S/C21H20O11/c22-7-13-15(25)17(27)19(29)21(32-13)31-12-6-10(24)5-11-14(12)16(26)18(28)20(30-11)8-1-3-9(23)4-2-8/h1-6,13,15,17,19,21-25,27-29H,7H2/t13-,15-,17+,19-,21-/m0/s1. The Labute approximate surface area is 179 Å². The molecule has 0 bridgehead atoms. The zero-order valence-corrected chi connectivity index (χ0v) is 16.3. The molecule has 170 valence electrons. The van der Waals surface area contributed by atoms with Crippen LogP contribution in [0.1, 0.15) is 0 Å². The highest BCUT2D eigenvalue weighted by molar-refractivity contribution is 5.88. The van der Waals surface area contributed by atoms with E-state index in [4.69, 9.17) is 13.9 Å². The van der Waals surface area contributed by atoms with Gasteiger partial charge in [0.25, 0.3) is 0 Å². The first kappa shape index (κ1) is 21.9. The summed E-state index contributed by atoms with van der Waals surface area (Å²) in [5.41, 5.74) is -0.816. The number of phenols is 2. The van der Waals surface area contributed by atoms with Crippen LogP contribution in [0, 0.1) is 0 Å². The Balaban J connectivity index is 1.80. The molecule has 0 amide bonds. The molecule has 11 nitrogen and oxygen atoms in total. The molecule has 11 heteroatoms. The fraction of sp³-hybridized carbons (Fsp3) is 0.286. The lowest BCUT2D eigenvalue weighted by atomic mass is 9.99. The van der Waals surface area contributed by atoms with Crippen LogP contribution in [0.15, 0.2) is 45.6 Å². The number of ether oxygens (including phenoxy) is 2. The van der Waals surface area contributed by atoms with Crippen molar-refractivity contribution < 1.29 is 49.6 Å². The summed E-state index contributed by atoms with van der Waals surface area (Å²) >= 11 is 0. The van der Waals surface area contributed by atoms with Crippen LogP contribution in [0.2, 0.25) is 0 Å². The van der Waals surface area contributed by atoms with Crippen LogP contribution in [0.5, 0.6) is 23.0 Å². The van der Waals surface area contributed by atoms with Crippen molar-refractivity contribution in [1.29, 1.82) is 0 Å². The van der Waals surface area contributed by atoms with Crippen LogP contribution in [-0.2, 0) is 4.74 Å². The molecular weight excluding hydrogens is 428 g/mol. The lowest BCUT2D eigenvalue weighted by Crippen LogP contribution is -2.60. The molecule has 7 N–H and O–H groups in total. The van der Waals surface area contributed by atoms with E-state index in [0.29, 0.717) is 0 Å². The first-order valence-corrected chi connectivity index (χ1v) is 9.50. The molecule has 0 spiro atoms. The summed E-state index contributed by atoms with van der Waals surface area (Å²) in [6.07, 6.45) is -7.98. The highest BCUT2D eigenvalue weighted by Crippen LogP contribution is 2.37. The summed E-state index contributed by atoms with van der Waals surface area (Å²) in [6, 6.07) is 7.60. The summed E-state index contributed by atoms with van der Waals surface area (Å²) in [5, 5.41) is 69.0. The summed E-state index contributed by atoms with van der Waals surface area (Å²) < 4.78 is 16.4. The van der Waals surface area contributed by atoms with Gasteiger partial charge in [0.2, 0.25) is 17.5 Å². The van der Waals surface area contributed by atoms with Crippen LogP contribution in [-0.4, -0.2) is 73.1 Å². The van der Waals surface area contributed by atoms with E-state index in [1.807, 2.05) is 0 Å². The lowest BCUT2D eigenvalue weighted by Gasteiger charge is -2.39. The van der Waals surface area contributed by atoms with Gasteiger partial charge in [0, 0.05) is 17.7 Å². The third kappa shape index (κ3) is 3.72. The molecule has 32 heavy (non-hydrogen) atoms. The zero-order chi connectivity index (χ0) is 23.2. The Bertz CT molecular complexity index is 1190. The quantitative estimate of drug-likeness (QED) is 0.279. The number of hydrogen-bond donors (Lipinski definition) is 7. The second kappa shape index (κ2) is 8.30. The van der Waals surface area contributed by atoms with Gasteiger partial charge in [-0.05, 0) is 24.3 Å². The first-order chi connectivity index (χ1) is 15.2. The van der Waals surface area contributed by atoms with Crippen molar-refractivity contribution in [2.24, 2.45) is 0 Å². The minimum atomic E-state index is -1.76. The SMILES string of the molecule is O=c1c(O)c(-c2ccc(O)cc2)oc2cc(O)cc(O[C@H]3O[C@@H](CO)[C@H](O)[C@@H](O)[C@@H]3O)c12. The summed E-state index contributed by atoms with van der Waals surface area (Å²) in [7, 11) is 0. The average molecular weight is 448 g/mol. The predicted molar refractivity (Wildman–Crippen MR) is 107 cm³/mol. The number of aliphatic hydroxyl groups excluding tert-OH is 4. The van der Waals surface area contributed by atoms with Gasteiger partial charge in [-0.25, -0.2) is 0 Å². The van der Waals surface area contributed by atoms with Gasteiger partial charge < -0.3 is 49.6 Å². The molecule has 0 saturated carbocycles. The van der Waals surface area contributed by atoms with Gasteiger partial charge in [-0.15, -0.1) is 0 Å². The summed E-state index contributed by atoms with van der Waals surface area (Å²) in [6.45, 7) is -0.690. The van der Waals surface area contributed by atoms with Crippen molar-refractivity contribution in [3.8, 4) is 34.3 Å². The topological polar surface area (TPSA) is 190 Å². The van der Waals surface area contributed by atoms with Crippen LogP contribution < -0.4 is 10.2 Å². The van der Waals surface area contributed by atoms with Crippen LogP contribution in [0.4, 0.5) is 0 Å². The van der Waals surface area contributed by atoms with E-state index >= 15 is 0 Å². The van der Waals surface area contributed by atoms with Gasteiger partial charge in [-0.1, -0.05) is 0 Å². The predicted octanol–water partition coefficient (Wildman–Crippen LogP) is -0.245. The molecule has 1 saturated heterocycles. The van der Waals surface area contributed by atoms with E-state index < -0.39 is 48.5 Å². The Morgan fingerprint density at radius 1 is 0.906 bits per heavy atom. The molecule has 3 aromatic rings. The lowest BCUT2D eigenvalue weighted by molar-refractivity contribution is -0.277. The van der Waals surface area contributed by atoms with E-state index in [2.05, 4.69) is 0 Å². The van der Waals surface area contributed by atoms with Gasteiger partial charge in [-0.2, -0.15) is 0 Å². The maximum Gasteiger partial charge on any atom is 0.238 e. The van der Waals surface area contributed by atoms with E-state index in [9.17, 15) is 40.5 Å². The Kier molecular flexibility index (Phi) is 5.67. The second-order valence-corrected chi connectivity index (χ2v) is 7.29. The molecule has 2 heterocycles. The van der Waals surface area contributed by atoms with E-state index in [0.717, 1.165) is 12.1 Å². The third-order valence-corrected chi connectivity index (χ3v) is 5.14. The van der Waals surface area contributed by atoms with E-state index in [1.165, 1.54) is 24.3 Å². The highest BCUT2D eigenvalue weighted by Gasteiger charge is 2.45. The number of aromatic hydroxyl groups is 3. The smallest absolute Gasteiger partial charge is 0.238 e. The number of aliphatic hydroxyl groups is 4. The van der Waals surface area contributed by atoms with Crippen molar-refractivity contribution in [3.05, 3.63) is 46.6 Å². The first-order valence-electron chi connectivity index (χ1n) is 9.50. The number of phenolic OH excluding ortho intramolecular Hbond substituents is 2. The molecule has 1 fully saturated rings. The minimum absolute atomic E-state index is 0.0377. The van der Waals surface area contributed by atoms with Crippen molar-refractivity contribution in [2.75, 3.05) is 6.61 Å². The molecule has 1 aromatic heterocycles. The molecule has 5 atom stereocenters. The van der Waals surface area contributed by atoms with Gasteiger partial charge in [0.05, 0.1) is 6.61 Å². The summed E-state index contributed by atoms with van der Waals surface area (Å²) in [4.78, 5) is 12.9. The average Bonchev–Trinajstić information content (AvgIpc) is 2.77. The Hall–Kier alpha value is -3.35. The number of hydrogen-bond acceptors (Lipinski definition) is 11. The number of rotatable bonds is 4. The largest absolute Gasteiger partial charge is 0.508 e. The Morgan fingerprint density at radius 3 is 2.25 bits per heavy atom. The molecule has 1 aliphatic heterocycles. The van der Waals surface area contributed by atoms with E-state index in [1.54, 1.807) is 0 Å².